The van der Waals surface area contributed by atoms with Gasteiger partial charge in [-0.05, 0) is 56.0 Å². The highest BCUT2D eigenvalue weighted by Gasteiger charge is 2.09. The molecule has 0 spiro atoms. The molecule has 0 heterocycles. The van der Waals surface area contributed by atoms with Gasteiger partial charge in [0.1, 0.15) is 11.5 Å². The average molecular weight is 356 g/mol. The van der Waals surface area contributed by atoms with E-state index in [4.69, 9.17) is 14.2 Å². The van der Waals surface area contributed by atoms with Gasteiger partial charge in [-0.2, -0.15) is 0 Å². The fraction of sp³-hybridized carbons (Fsp3) is 0.409. The van der Waals surface area contributed by atoms with E-state index in [0.717, 1.165) is 17.7 Å². The van der Waals surface area contributed by atoms with Crippen molar-refractivity contribution >= 4 is 5.97 Å². The van der Waals surface area contributed by atoms with Crippen molar-refractivity contribution in [2.24, 2.45) is 0 Å². The number of hydrogen-bond acceptors (Lipinski definition) is 4. The summed E-state index contributed by atoms with van der Waals surface area (Å²) in [7, 11) is 0. The number of benzene rings is 2. The van der Waals surface area contributed by atoms with Gasteiger partial charge in [-0.15, -0.1) is 0 Å². The predicted molar refractivity (Wildman–Crippen MR) is 103 cm³/mol. The molecule has 2 unspecified atom stereocenters. The molecule has 0 fully saturated rings. The summed E-state index contributed by atoms with van der Waals surface area (Å²) in [5.74, 6) is 1.52. The van der Waals surface area contributed by atoms with Gasteiger partial charge in [0, 0.05) is 0 Å². The highest BCUT2D eigenvalue weighted by molar-refractivity contribution is 5.72. The second-order valence-corrected chi connectivity index (χ2v) is 6.47. The second kappa shape index (κ2) is 9.97. The van der Waals surface area contributed by atoms with Crippen LogP contribution in [0, 0.1) is 6.92 Å². The van der Waals surface area contributed by atoms with Crippen molar-refractivity contribution in [3.8, 4) is 11.5 Å². The zero-order chi connectivity index (χ0) is 18.9. The van der Waals surface area contributed by atoms with Crippen LogP contribution >= 0.6 is 0 Å². The van der Waals surface area contributed by atoms with Gasteiger partial charge in [0.15, 0.2) is 6.29 Å². The van der Waals surface area contributed by atoms with Crippen LogP contribution in [-0.2, 0) is 9.53 Å². The van der Waals surface area contributed by atoms with Crippen LogP contribution in [-0.4, -0.2) is 18.9 Å². The molecule has 0 saturated carbocycles. The molecule has 2 aromatic rings. The average Bonchev–Trinajstić information content (AvgIpc) is 2.63. The summed E-state index contributed by atoms with van der Waals surface area (Å²) in [5, 5.41) is 0. The Hall–Kier alpha value is -2.33. The maximum atomic E-state index is 11.8. The lowest BCUT2D eigenvalue weighted by Crippen LogP contribution is -2.19. The normalized spacial score (nSPS) is 13.1. The van der Waals surface area contributed by atoms with Crippen LogP contribution in [0.1, 0.15) is 50.7 Å². The molecule has 0 bridgehead atoms. The van der Waals surface area contributed by atoms with Crippen molar-refractivity contribution < 1.29 is 19.0 Å². The van der Waals surface area contributed by atoms with E-state index >= 15 is 0 Å². The van der Waals surface area contributed by atoms with Crippen molar-refractivity contribution in [3.63, 3.8) is 0 Å². The number of aryl methyl sites for hydroxylation is 1. The van der Waals surface area contributed by atoms with E-state index in [-0.39, 0.29) is 19.0 Å². The van der Waals surface area contributed by atoms with E-state index in [0.29, 0.717) is 11.7 Å². The van der Waals surface area contributed by atoms with Crippen molar-refractivity contribution in [2.75, 3.05) is 6.61 Å². The minimum Gasteiger partial charge on any atom is -0.465 e. The van der Waals surface area contributed by atoms with Gasteiger partial charge in [0.25, 0.3) is 0 Å². The Balaban J connectivity index is 1.70. The number of carbonyl (C=O) groups is 1. The molecule has 0 aromatic heterocycles. The van der Waals surface area contributed by atoms with Crippen molar-refractivity contribution in [2.45, 2.75) is 52.7 Å². The molecule has 0 N–H and O–H groups in total. The first-order chi connectivity index (χ1) is 12.5. The van der Waals surface area contributed by atoms with Crippen LogP contribution in [0.3, 0.4) is 0 Å². The highest BCUT2D eigenvalue weighted by Crippen LogP contribution is 2.22. The zero-order valence-corrected chi connectivity index (χ0v) is 16.0. The molecule has 0 aliphatic rings. The third-order valence-corrected chi connectivity index (χ3v) is 4.27. The Bertz CT molecular complexity index is 676. The summed E-state index contributed by atoms with van der Waals surface area (Å²) in [6, 6.07) is 15.4. The minimum absolute atomic E-state index is 0.175. The van der Waals surface area contributed by atoms with Crippen molar-refractivity contribution in [1.29, 1.82) is 0 Å². The van der Waals surface area contributed by atoms with Crippen LogP contribution in [0.5, 0.6) is 11.5 Å². The fourth-order valence-electron chi connectivity index (χ4n) is 2.43. The van der Waals surface area contributed by atoms with Gasteiger partial charge in [0.05, 0.1) is 13.0 Å². The lowest BCUT2D eigenvalue weighted by molar-refractivity contribution is -0.138. The van der Waals surface area contributed by atoms with Crippen molar-refractivity contribution in [3.05, 3.63) is 59.7 Å². The van der Waals surface area contributed by atoms with Crippen LogP contribution < -0.4 is 9.47 Å². The zero-order valence-electron chi connectivity index (χ0n) is 16.0. The van der Waals surface area contributed by atoms with E-state index in [1.807, 2.05) is 38.1 Å². The largest absolute Gasteiger partial charge is 0.465 e. The highest BCUT2D eigenvalue weighted by atomic mass is 16.7. The molecule has 0 aliphatic heterocycles. The van der Waals surface area contributed by atoms with Gasteiger partial charge in [0.2, 0.25) is 0 Å². The monoisotopic (exact) mass is 356 g/mol. The van der Waals surface area contributed by atoms with Gasteiger partial charge in [-0.3, -0.25) is 4.79 Å². The summed E-state index contributed by atoms with van der Waals surface area (Å²) in [4.78, 5) is 11.8. The van der Waals surface area contributed by atoms with Gasteiger partial charge >= 0.3 is 5.97 Å². The molecule has 0 radical (unpaired) electrons. The number of rotatable bonds is 9. The lowest BCUT2D eigenvalue weighted by atomic mass is 9.99. The Morgan fingerprint density at radius 3 is 2.19 bits per heavy atom. The van der Waals surface area contributed by atoms with E-state index in [9.17, 15) is 4.79 Å². The Kier molecular flexibility index (Phi) is 7.67. The summed E-state index contributed by atoms with van der Waals surface area (Å²) < 4.78 is 16.5. The Morgan fingerprint density at radius 2 is 1.58 bits per heavy atom. The first-order valence-electron chi connectivity index (χ1n) is 9.13. The van der Waals surface area contributed by atoms with E-state index in [2.05, 4.69) is 26.0 Å². The van der Waals surface area contributed by atoms with Crippen LogP contribution in [0.15, 0.2) is 48.5 Å². The molecule has 2 aromatic carbocycles. The molecule has 0 saturated heterocycles. The molecule has 0 amide bonds. The molecule has 4 nitrogen and oxygen atoms in total. The molecule has 2 rings (SSSR count). The van der Waals surface area contributed by atoms with Crippen LogP contribution in [0.25, 0.3) is 0 Å². The molecule has 2 atom stereocenters. The van der Waals surface area contributed by atoms with Crippen LogP contribution in [0.4, 0.5) is 0 Å². The van der Waals surface area contributed by atoms with Gasteiger partial charge in [-0.1, -0.05) is 43.7 Å². The second-order valence-electron chi connectivity index (χ2n) is 6.47. The van der Waals surface area contributed by atoms with E-state index in [1.54, 1.807) is 12.1 Å². The molecule has 4 heteroatoms. The van der Waals surface area contributed by atoms with Crippen LogP contribution in [0.2, 0.25) is 0 Å². The van der Waals surface area contributed by atoms with Gasteiger partial charge < -0.3 is 14.2 Å². The Labute approximate surface area is 156 Å². The SMILES string of the molecule is CCC(C)c1ccc(OC(C)OCCC(=O)Oc2ccc(C)cc2)cc1. The topological polar surface area (TPSA) is 44.8 Å². The van der Waals surface area contributed by atoms with Gasteiger partial charge in [-0.25, -0.2) is 0 Å². The number of ether oxygens (including phenoxy) is 3. The maximum absolute atomic E-state index is 11.8. The molecular weight excluding hydrogens is 328 g/mol. The smallest absolute Gasteiger partial charge is 0.313 e. The summed E-state index contributed by atoms with van der Waals surface area (Å²) in [5.41, 5.74) is 2.42. The predicted octanol–water partition coefficient (Wildman–Crippen LogP) is 5.25. The Morgan fingerprint density at radius 1 is 0.962 bits per heavy atom. The van der Waals surface area contributed by atoms with E-state index in [1.165, 1.54) is 5.56 Å². The first kappa shape index (κ1) is 20.0. The standard InChI is InChI=1S/C22H28O4/c1-5-17(3)19-8-12-20(13-9-19)25-18(4)24-15-14-22(23)26-21-10-6-16(2)7-11-21/h6-13,17-18H,5,14-15H2,1-4H3. The number of carbonyl (C=O) groups excluding carboxylic acids is 1. The molecule has 0 aliphatic carbocycles. The van der Waals surface area contributed by atoms with Crippen molar-refractivity contribution in [1.82, 2.24) is 0 Å². The summed E-state index contributed by atoms with van der Waals surface area (Å²) in [6.45, 7) is 8.43. The summed E-state index contributed by atoms with van der Waals surface area (Å²) in [6.07, 6.45) is 0.851. The quantitative estimate of drug-likeness (QED) is 0.350. The first-order valence-corrected chi connectivity index (χ1v) is 9.13. The third kappa shape index (κ3) is 6.52. The molecule has 26 heavy (non-hydrogen) atoms. The molecule has 140 valence electrons. The third-order valence-electron chi connectivity index (χ3n) is 4.27. The lowest BCUT2D eigenvalue weighted by Gasteiger charge is -2.16. The molecular formula is C22H28O4. The fourth-order valence-corrected chi connectivity index (χ4v) is 2.43. The van der Waals surface area contributed by atoms with E-state index < -0.39 is 6.29 Å². The summed E-state index contributed by atoms with van der Waals surface area (Å²) >= 11 is 0. The number of hydrogen-bond donors (Lipinski definition) is 0. The maximum Gasteiger partial charge on any atom is 0.313 e. The number of esters is 1. The minimum atomic E-state index is -0.434.